The van der Waals surface area contributed by atoms with Gasteiger partial charge in [-0.3, -0.25) is 4.79 Å². The number of oxime groups is 1. The monoisotopic (exact) mass is 455 g/mol. The highest BCUT2D eigenvalue weighted by Crippen LogP contribution is 2.57. The number of fused-ring (bicyclic) bond motifs is 3. The lowest BCUT2D eigenvalue weighted by atomic mass is 9.49. The van der Waals surface area contributed by atoms with Crippen molar-refractivity contribution >= 4 is 34.3 Å². The molecular formula is C20H26INO3. The van der Waals surface area contributed by atoms with Crippen LogP contribution in [0.2, 0.25) is 0 Å². The molecule has 0 aliphatic heterocycles. The van der Waals surface area contributed by atoms with Crippen LogP contribution in [0.4, 0.5) is 0 Å². The topological polar surface area (TPSA) is 69.9 Å². The zero-order valence-electron chi connectivity index (χ0n) is 15.3. The molecule has 1 saturated carbocycles. The highest BCUT2D eigenvalue weighted by molar-refractivity contribution is 14.1. The van der Waals surface area contributed by atoms with Crippen molar-refractivity contribution in [1.29, 1.82) is 0 Å². The second-order valence-corrected chi connectivity index (χ2v) is 9.53. The lowest BCUT2D eigenvalue weighted by molar-refractivity contribution is -0.156. The number of carboxylic acid groups (broad SMARTS) is 1. The Labute approximate surface area is 162 Å². The van der Waals surface area contributed by atoms with Crippen molar-refractivity contribution in [1.82, 2.24) is 0 Å². The molecule has 3 atom stereocenters. The zero-order chi connectivity index (χ0) is 18.6. The molecular weight excluding hydrogens is 429 g/mol. The van der Waals surface area contributed by atoms with Gasteiger partial charge in [0.05, 0.1) is 11.1 Å². The molecule has 4 nitrogen and oxygen atoms in total. The maximum atomic E-state index is 12.1. The van der Waals surface area contributed by atoms with Crippen LogP contribution in [0.25, 0.3) is 0 Å². The third-order valence-electron chi connectivity index (χ3n) is 6.62. The van der Waals surface area contributed by atoms with E-state index in [1.165, 1.54) is 9.13 Å². The third-order valence-corrected chi connectivity index (χ3v) is 7.56. The normalized spacial score (nSPS) is 33.2. The Bertz CT molecular complexity index is 758. The van der Waals surface area contributed by atoms with E-state index in [-0.39, 0.29) is 11.3 Å². The number of hydrogen-bond donors (Lipinski definition) is 2. The van der Waals surface area contributed by atoms with Crippen LogP contribution in [0, 0.1) is 14.9 Å². The van der Waals surface area contributed by atoms with E-state index in [1.54, 1.807) is 0 Å². The van der Waals surface area contributed by atoms with Gasteiger partial charge in [0.25, 0.3) is 0 Å². The van der Waals surface area contributed by atoms with E-state index in [1.807, 2.05) is 6.92 Å². The number of benzene rings is 1. The Morgan fingerprint density at radius 2 is 2.00 bits per heavy atom. The van der Waals surface area contributed by atoms with Crippen LogP contribution >= 0.6 is 22.6 Å². The number of nitrogens with zero attached hydrogens (tertiary/aromatic N) is 1. The van der Waals surface area contributed by atoms with Gasteiger partial charge in [-0.2, -0.15) is 0 Å². The zero-order valence-corrected chi connectivity index (χ0v) is 17.4. The van der Waals surface area contributed by atoms with Gasteiger partial charge in [-0.05, 0) is 89.3 Å². The number of hydrogen-bond acceptors (Lipinski definition) is 3. The molecule has 1 fully saturated rings. The highest BCUT2D eigenvalue weighted by Gasteiger charge is 2.56. The highest BCUT2D eigenvalue weighted by atomic mass is 127. The molecule has 0 heterocycles. The fourth-order valence-electron chi connectivity index (χ4n) is 5.05. The van der Waals surface area contributed by atoms with Crippen molar-refractivity contribution in [2.24, 2.45) is 16.5 Å². The van der Waals surface area contributed by atoms with Crippen molar-refractivity contribution in [3.63, 3.8) is 0 Å². The van der Waals surface area contributed by atoms with E-state index >= 15 is 0 Å². The van der Waals surface area contributed by atoms with Gasteiger partial charge in [0.1, 0.15) is 0 Å². The number of carboxylic acids is 1. The predicted octanol–water partition coefficient (Wildman–Crippen LogP) is 5.15. The second-order valence-electron chi connectivity index (χ2n) is 8.37. The van der Waals surface area contributed by atoms with Crippen LogP contribution in [0.5, 0.6) is 0 Å². The molecule has 136 valence electrons. The molecule has 1 unspecified atom stereocenters. The standard InChI is InChI=1S/C20H26INO3/c1-11(2)12-8-13-14(9-15(12)21)19(3)6-5-7-20(4,18(23)24)17(19)10-16(13)22-25/h8-9,11,17,25H,5-7,10H2,1-4H3,(H,23,24)/b22-16+/t17?,19-,20-/m1/s1. The quantitative estimate of drug-likeness (QED) is 0.369. The van der Waals surface area contributed by atoms with Gasteiger partial charge in [0.2, 0.25) is 0 Å². The molecule has 0 saturated heterocycles. The summed E-state index contributed by atoms with van der Waals surface area (Å²) < 4.78 is 1.20. The smallest absolute Gasteiger partial charge is 0.309 e. The van der Waals surface area contributed by atoms with Gasteiger partial charge in [0, 0.05) is 9.13 Å². The van der Waals surface area contributed by atoms with Crippen LogP contribution in [-0.4, -0.2) is 22.0 Å². The van der Waals surface area contributed by atoms with Crippen molar-refractivity contribution in [2.75, 3.05) is 0 Å². The molecule has 2 aliphatic rings. The summed E-state index contributed by atoms with van der Waals surface area (Å²) in [6.07, 6.45) is 3.07. The molecule has 1 aromatic carbocycles. The minimum Gasteiger partial charge on any atom is -0.481 e. The van der Waals surface area contributed by atoms with E-state index < -0.39 is 11.4 Å². The average Bonchev–Trinajstić information content (AvgIpc) is 2.54. The summed E-state index contributed by atoms with van der Waals surface area (Å²) in [5.41, 5.74) is 3.04. The van der Waals surface area contributed by atoms with Crippen molar-refractivity contribution < 1.29 is 15.1 Å². The van der Waals surface area contributed by atoms with Gasteiger partial charge in [-0.15, -0.1) is 0 Å². The Kier molecular flexibility index (Phi) is 4.67. The average molecular weight is 455 g/mol. The molecule has 3 rings (SSSR count). The maximum absolute atomic E-state index is 12.1. The Hall–Kier alpha value is -1.11. The van der Waals surface area contributed by atoms with Gasteiger partial charge >= 0.3 is 5.97 Å². The molecule has 5 heteroatoms. The molecule has 2 N–H and O–H groups in total. The van der Waals surface area contributed by atoms with Crippen LogP contribution < -0.4 is 0 Å². The predicted molar refractivity (Wildman–Crippen MR) is 107 cm³/mol. The minimum absolute atomic E-state index is 0.0645. The fourth-order valence-corrected chi connectivity index (χ4v) is 6.13. The molecule has 0 radical (unpaired) electrons. The number of carbonyl (C=O) groups is 1. The first-order valence-corrected chi connectivity index (χ1v) is 10.0. The van der Waals surface area contributed by atoms with Crippen LogP contribution in [0.3, 0.4) is 0 Å². The van der Waals surface area contributed by atoms with E-state index in [2.05, 4.69) is 60.7 Å². The minimum atomic E-state index is -0.789. The Balaban J connectivity index is 2.25. The summed E-state index contributed by atoms with van der Waals surface area (Å²) in [4.78, 5) is 12.1. The molecule has 0 aromatic heterocycles. The fraction of sp³-hybridized carbons (Fsp3) is 0.600. The summed E-state index contributed by atoms with van der Waals surface area (Å²) in [5, 5.41) is 23.2. The molecule has 25 heavy (non-hydrogen) atoms. The summed E-state index contributed by atoms with van der Waals surface area (Å²) in [6.45, 7) is 8.39. The lowest BCUT2D eigenvalue weighted by Crippen LogP contribution is -2.53. The largest absolute Gasteiger partial charge is 0.481 e. The van der Waals surface area contributed by atoms with E-state index in [4.69, 9.17) is 0 Å². The van der Waals surface area contributed by atoms with Gasteiger partial charge in [0.15, 0.2) is 0 Å². The van der Waals surface area contributed by atoms with E-state index in [0.29, 0.717) is 24.5 Å². The maximum Gasteiger partial charge on any atom is 0.309 e. The number of rotatable bonds is 2. The van der Waals surface area contributed by atoms with Crippen LogP contribution in [-0.2, 0) is 10.2 Å². The summed E-state index contributed by atoms with van der Waals surface area (Å²) in [6, 6.07) is 4.36. The lowest BCUT2D eigenvalue weighted by Gasteiger charge is -2.53. The van der Waals surface area contributed by atoms with Crippen molar-refractivity contribution in [3.8, 4) is 0 Å². The van der Waals surface area contributed by atoms with Gasteiger partial charge in [-0.25, -0.2) is 0 Å². The van der Waals surface area contributed by atoms with E-state index in [9.17, 15) is 15.1 Å². The SMILES string of the molecule is CC(C)c1cc2c(cc1I)[C@@]1(C)CCC[C@@](C)(C(=O)O)C1C/C2=N\O. The second kappa shape index (κ2) is 6.25. The van der Waals surface area contributed by atoms with Gasteiger partial charge in [-0.1, -0.05) is 32.3 Å². The van der Waals surface area contributed by atoms with Crippen molar-refractivity contribution in [3.05, 3.63) is 32.4 Å². The van der Waals surface area contributed by atoms with Crippen LogP contribution in [0.1, 0.15) is 76.0 Å². The first kappa shape index (κ1) is 18.7. The summed E-state index contributed by atoms with van der Waals surface area (Å²) in [7, 11) is 0. The first-order chi connectivity index (χ1) is 11.6. The molecule has 0 spiro atoms. The van der Waals surface area contributed by atoms with Crippen molar-refractivity contribution in [2.45, 2.75) is 64.7 Å². The molecule has 0 amide bonds. The molecule has 2 aliphatic carbocycles. The number of aliphatic carboxylic acids is 1. The Morgan fingerprint density at radius 1 is 1.32 bits per heavy atom. The molecule has 0 bridgehead atoms. The third kappa shape index (κ3) is 2.69. The number of halogens is 1. The van der Waals surface area contributed by atoms with Crippen LogP contribution in [0.15, 0.2) is 17.3 Å². The summed E-state index contributed by atoms with van der Waals surface area (Å²) >= 11 is 2.37. The first-order valence-electron chi connectivity index (χ1n) is 8.93. The Morgan fingerprint density at radius 3 is 2.56 bits per heavy atom. The van der Waals surface area contributed by atoms with Gasteiger partial charge < -0.3 is 10.3 Å². The summed E-state index contributed by atoms with van der Waals surface area (Å²) in [5.74, 6) is -0.415. The van der Waals surface area contributed by atoms with E-state index in [0.717, 1.165) is 24.0 Å². The molecule has 1 aromatic rings.